The highest BCUT2D eigenvalue weighted by Gasteiger charge is 2.31. The van der Waals surface area contributed by atoms with E-state index in [-0.39, 0.29) is 6.71 Å². The minimum atomic E-state index is -3.25. The maximum absolute atomic E-state index is 12.3. The van der Waals surface area contributed by atoms with Crippen molar-refractivity contribution in [2.45, 2.75) is 16.9 Å². The van der Waals surface area contributed by atoms with Crippen molar-refractivity contribution in [3.8, 4) is 0 Å². The van der Waals surface area contributed by atoms with Gasteiger partial charge in [-0.2, -0.15) is 0 Å². The van der Waals surface area contributed by atoms with E-state index < -0.39 is 15.0 Å². The zero-order valence-electron chi connectivity index (χ0n) is 9.08. The predicted molar refractivity (Wildman–Crippen MR) is 67.3 cm³/mol. The molecule has 0 saturated carbocycles. The van der Waals surface area contributed by atoms with Crippen molar-refractivity contribution in [2.24, 2.45) is 0 Å². The van der Waals surface area contributed by atoms with Gasteiger partial charge in [-0.15, -0.1) is 5.98 Å². The third-order valence-electron chi connectivity index (χ3n) is 2.77. The molecule has 0 N–H and O–H groups in total. The van der Waals surface area contributed by atoms with E-state index in [2.05, 4.69) is 0 Å². The number of sulfone groups is 1. The SMILES string of the molecule is CB1C=CC=CC1S(=O)(=O)c1ccccc1. The van der Waals surface area contributed by atoms with Crippen LogP contribution < -0.4 is 0 Å². The highest BCUT2D eigenvalue weighted by atomic mass is 32.2. The van der Waals surface area contributed by atoms with E-state index in [9.17, 15) is 8.42 Å². The van der Waals surface area contributed by atoms with E-state index in [1.165, 1.54) is 0 Å². The fraction of sp³-hybridized carbons (Fsp3) is 0.167. The van der Waals surface area contributed by atoms with Crippen LogP contribution in [0, 0.1) is 0 Å². The number of benzene rings is 1. The lowest BCUT2D eigenvalue weighted by Crippen LogP contribution is -2.34. The van der Waals surface area contributed by atoms with Crippen molar-refractivity contribution in [3.05, 3.63) is 54.5 Å². The van der Waals surface area contributed by atoms with Gasteiger partial charge in [-0.1, -0.05) is 43.3 Å². The van der Waals surface area contributed by atoms with Crippen LogP contribution in [0.25, 0.3) is 0 Å². The first-order chi connectivity index (χ1) is 7.62. The average molecular weight is 232 g/mol. The molecule has 0 bridgehead atoms. The Labute approximate surface area is 96.7 Å². The summed E-state index contributed by atoms with van der Waals surface area (Å²) in [4.78, 5) is 0.395. The van der Waals surface area contributed by atoms with Crippen LogP contribution in [0.5, 0.6) is 0 Å². The third kappa shape index (κ3) is 1.98. The van der Waals surface area contributed by atoms with E-state index >= 15 is 0 Å². The summed E-state index contributed by atoms with van der Waals surface area (Å²) in [6.45, 7) is 1.95. The topological polar surface area (TPSA) is 34.1 Å². The van der Waals surface area contributed by atoms with Crippen molar-refractivity contribution in [1.82, 2.24) is 0 Å². The monoisotopic (exact) mass is 232 g/mol. The Bertz CT molecular complexity index is 517. The molecule has 1 aromatic rings. The maximum Gasteiger partial charge on any atom is 0.189 e. The Balaban J connectivity index is 2.41. The van der Waals surface area contributed by atoms with Gasteiger partial charge in [0.25, 0.3) is 0 Å². The average Bonchev–Trinajstić information content (AvgIpc) is 2.30. The van der Waals surface area contributed by atoms with E-state index in [1.54, 1.807) is 36.4 Å². The third-order valence-corrected chi connectivity index (χ3v) is 5.01. The van der Waals surface area contributed by atoms with E-state index in [4.69, 9.17) is 0 Å². The summed E-state index contributed by atoms with van der Waals surface area (Å²) >= 11 is 0. The first kappa shape index (κ1) is 11.2. The van der Waals surface area contributed by atoms with E-state index in [0.717, 1.165) is 0 Å². The molecule has 1 aliphatic heterocycles. The minimum Gasteiger partial charge on any atom is -0.224 e. The van der Waals surface area contributed by atoms with Crippen LogP contribution in [0.4, 0.5) is 0 Å². The van der Waals surface area contributed by atoms with Crippen LogP contribution in [-0.2, 0) is 9.84 Å². The quantitative estimate of drug-likeness (QED) is 0.732. The molecule has 1 atom stereocenters. The lowest BCUT2D eigenvalue weighted by molar-refractivity contribution is 0.596. The van der Waals surface area contributed by atoms with Gasteiger partial charge >= 0.3 is 0 Å². The van der Waals surface area contributed by atoms with Crippen molar-refractivity contribution in [1.29, 1.82) is 0 Å². The van der Waals surface area contributed by atoms with E-state index in [1.807, 2.05) is 24.9 Å². The highest BCUT2D eigenvalue weighted by Crippen LogP contribution is 2.21. The zero-order valence-corrected chi connectivity index (χ0v) is 9.89. The largest absolute Gasteiger partial charge is 0.224 e. The summed E-state index contributed by atoms with van der Waals surface area (Å²) in [5, 5.41) is -0.445. The summed E-state index contributed by atoms with van der Waals surface area (Å²) in [6, 6.07) is 8.61. The molecule has 1 aromatic carbocycles. The van der Waals surface area contributed by atoms with Crippen molar-refractivity contribution in [2.75, 3.05) is 0 Å². The fourth-order valence-corrected chi connectivity index (χ4v) is 3.66. The Morgan fingerprint density at radius 3 is 2.44 bits per heavy atom. The van der Waals surface area contributed by atoms with Crippen molar-refractivity contribution in [3.63, 3.8) is 0 Å². The summed E-state index contributed by atoms with van der Waals surface area (Å²) in [5.74, 6) is 1.92. The molecular weight excluding hydrogens is 219 g/mol. The smallest absolute Gasteiger partial charge is 0.189 e. The second-order valence-corrected chi connectivity index (χ2v) is 6.06. The first-order valence-electron chi connectivity index (χ1n) is 5.26. The number of rotatable bonds is 2. The van der Waals surface area contributed by atoms with Crippen LogP contribution >= 0.6 is 0 Å². The van der Waals surface area contributed by atoms with Gasteiger partial charge in [-0.05, 0) is 12.1 Å². The van der Waals surface area contributed by atoms with Crippen LogP contribution in [0.15, 0.2) is 59.4 Å². The summed E-state index contributed by atoms with van der Waals surface area (Å²) in [7, 11) is -3.25. The summed E-state index contributed by atoms with van der Waals surface area (Å²) in [6.07, 6.45) is 5.44. The Morgan fingerprint density at radius 2 is 1.81 bits per heavy atom. The van der Waals surface area contributed by atoms with Crippen LogP contribution in [0.2, 0.25) is 6.82 Å². The number of hydrogen-bond donors (Lipinski definition) is 0. The van der Waals surface area contributed by atoms with Crippen molar-refractivity contribution >= 4 is 16.6 Å². The molecule has 0 saturated heterocycles. The number of allylic oxidation sites excluding steroid dienone is 2. The van der Waals surface area contributed by atoms with Crippen LogP contribution in [0.1, 0.15) is 0 Å². The molecule has 0 radical (unpaired) electrons. The molecule has 2 rings (SSSR count). The van der Waals surface area contributed by atoms with E-state index in [0.29, 0.717) is 4.90 Å². The zero-order chi connectivity index (χ0) is 11.6. The molecule has 1 heterocycles. The maximum atomic E-state index is 12.3. The van der Waals surface area contributed by atoms with Crippen molar-refractivity contribution < 1.29 is 8.42 Å². The molecule has 1 aliphatic rings. The second-order valence-electron chi connectivity index (χ2n) is 3.95. The Kier molecular flexibility index (Phi) is 3.01. The lowest BCUT2D eigenvalue weighted by Gasteiger charge is -2.18. The molecular formula is C12H13BO2S. The van der Waals surface area contributed by atoms with Gasteiger partial charge in [-0.25, -0.2) is 8.42 Å². The second kappa shape index (κ2) is 4.30. The van der Waals surface area contributed by atoms with Gasteiger partial charge in [0.15, 0.2) is 16.6 Å². The van der Waals surface area contributed by atoms with Crippen LogP contribution in [0.3, 0.4) is 0 Å². The molecule has 1 unspecified atom stereocenters. The number of hydrogen-bond acceptors (Lipinski definition) is 2. The van der Waals surface area contributed by atoms with Gasteiger partial charge in [0, 0.05) is 0 Å². The molecule has 16 heavy (non-hydrogen) atoms. The van der Waals surface area contributed by atoms with Gasteiger partial charge in [-0.3, -0.25) is 0 Å². The fourth-order valence-electron chi connectivity index (χ4n) is 1.85. The molecule has 0 fully saturated rings. The molecule has 2 nitrogen and oxygen atoms in total. The lowest BCUT2D eigenvalue weighted by atomic mass is 9.48. The molecule has 0 aliphatic carbocycles. The molecule has 0 amide bonds. The molecule has 0 aromatic heterocycles. The molecule has 82 valence electrons. The van der Waals surface area contributed by atoms with Gasteiger partial charge in [0.1, 0.15) is 0 Å². The summed E-state index contributed by atoms with van der Waals surface area (Å²) < 4.78 is 24.6. The van der Waals surface area contributed by atoms with Gasteiger partial charge < -0.3 is 0 Å². The summed E-state index contributed by atoms with van der Waals surface area (Å²) in [5.41, 5.74) is 0. The first-order valence-corrected chi connectivity index (χ1v) is 6.81. The molecule has 4 heteroatoms. The Hall–Kier alpha value is -1.29. The standard InChI is InChI=1S/C12H13BO2S/c1-13-10-6-5-9-12(13)16(14,15)11-7-3-2-4-8-11/h2-10,12H,1H3. The van der Waals surface area contributed by atoms with Gasteiger partial charge in [0.2, 0.25) is 0 Å². The highest BCUT2D eigenvalue weighted by molar-refractivity contribution is 7.93. The Morgan fingerprint density at radius 1 is 1.12 bits per heavy atom. The van der Waals surface area contributed by atoms with Crippen LogP contribution in [-0.4, -0.2) is 20.3 Å². The predicted octanol–water partition coefficient (Wildman–Crippen LogP) is 2.16. The normalized spacial score (nSPS) is 20.1. The molecule has 0 spiro atoms. The van der Waals surface area contributed by atoms with Gasteiger partial charge in [0.05, 0.1) is 10.0 Å². The minimum absolute atomic E-state index is 0.0233.